The molecule has 0 radical (unpaired) electrons. The normalized spacial score (nSPS) is 13.1. The molecule has 1 saturated carbocycles. The Morgan fingerprint density at radius 1 is 1.12 bits per heavy atom. The van der Waals surface area contributed by atoms with Gasteiger partial charge >= 0.3 is 6.03 Å². The van der Waals surface area contributed by atoms with Gasteiger partial charge in [0.05, 0.1) is 35.1 Å². The number of urea groups is 1. The summed E-state index contributed by atoms with van der Waals surface area (Å²) in [4.78, 5) is 20.6. The number of rotatable bonds is 6. The van der Waals surface area contributed by atoms with Crippen LogP contribution in [0.1, 0.15) is 12.8 Å². The van der Waals surface area contributed by atoms with Gasteiger partial charge in [-0.2, -0.15) is 0 Å². The number of fused-ring (bicyclic) bond motifs is 1. The average Bonchev–Trinajstić information content (AvgIpc) is 3.43. The van der Waals surface area contributed by atoms with E-state index in [1.54, 1.807) is 49.8 Å². The fourth-order valence-electron chi connectivity index (χ4n) is 3.29. The Hall–Kier alpha value is -3.78. The summed E-state index contributed by atoms with van der Waals surface area (Å²) in [7, 11) is 1.58. The van der Waals surface area contributed by atoms with E-state index >= 15 is 0 Å². The fourth-order valence-corrected chi connectivity index (χ4v) is 3.51. The minimum atomic E-state index is -0.267. The van der Waals surface area contributed by atoms with Crippen LogP contribution in [0, 0.1) is 0 Å². The van der Waals surface area contributed by atoms with Gasteiger partial charge in [0, 0.05) is 29.8 Å². The van der Waals surface area contributed by atoms with Crippen molar-refractivity contribution in [2.24, 2.45) is 0 Å². The second-order valence-electron chi connectivity index (χ2n) is 7.33. The van der Waals surface area contributed by atoms with Crippen molar-refractivity contribution in [3.63, 3.8) is 0 Å². The number of methoxy groups -OCH3 is 1. The average molecular weight is 451 g/mol. The number of carbonyl (C=O) groups excluding carboxylic acids is 1. The van der Waals surface area contributed by atoms with Crippen molar-refractivity contribution in [2.45, 2.75) is 18.9 Å². The number of carbonyl (C=O) groups is 1. The number of hydrogen-bond acceptors (Lipinski definition) is 6. The SMILES string of the molecule is COc1cc2nccc(Oc3ccc(NC(=O)NC4CC4)c(Cl)c3)c2cc1-c1ncco1. The Labute approximate surface area is 188 Å². The monoisotopic (exact) mass is 450 g/mol. The molecule has 0 saturated heterocycles. The molecule has 162 valence electrons. The minimum Gasteiger partial charge on any atom is -0.496 e. The van der Waals surface area contributed by atoms with Crippen molar-refractivity contribution in [3.8, 4) is 28.7 Å². The zero-order chi connectivity index (χ0) is 22.1. The molecule has 2 heterocycles. The van der Waals surface area contributed by atoms with Crippen molar-refractivity contribution >= 4 is 34.2 Å². The lowest BCUT2D eigenvalue weighted by Crippen LogP contribution is -2.30. The quantitative estimate of drug-likeness (QED) is 0.395. The highest BCUT2D eigenvalue weighted by molar-refractivity contribution is 6.33. The maximum Gasteiger partial charge on any atom is 0.319 e. The number of ether oxygens (including phenoxy) is 2. The first-order valence-electron chi connectivity index (χ1n) is 10.0. The van der Waals surface area contributed by atoms with Crippen LogP contribution < -0.4 is 20.1 Å². The van der Waals surface area contributed by atoms with Crippen molar-refractivity contribution in [3.05, 3.63) is 60.1 Å². The Morgan fingerprint density at radius 3 is 2.72 bits per heavy atom. The largest absolute Gasteiger partial charge is 0.496 e. The van der Waals surface area contributed by atoms with E-state index < -0.39 is 0 Å². The number of nitrogens with one attached hydrogen (secondary N) is 2. The van der Waals surface area contributed by atoms with E-state index in [1.165, 1.54) is 6.26 Å². The highest BCUT2D eigenvalue weighted by Gasteiger charge is 2.23. The predicted molar refractivity (Wildman–Crippen MR) is 120 cm³/mol. The van der Waals surface area contributed by atoms with E-state index in [2.05, 4.69) is 20.6 Å². The zero-order valence-electron chi connectivity index (χ0n) is 17.1. The van der Waals surface area contributed by atoms with Crippen LogP contribution >= 0.6 is 11.6 Å². The second kappa shape index (κ2) is 8.39. The molecule has 0 unspecified atom stereocenters. The van der Waals surface area contributed by atoms with Gasteiger partial charge < -0.3 is 24.5 Å². The molecule has 0 aliphatic heterocycles. The maximum absolute atomic E-state index is 12.0. The van der Waals surface area contributed by atoms with Crippen molar-refractivity contribution in [1.29, 1.82) is 0 Å². The Bertz CT molecular complexity index is 1290. The van der Waals surface area contributed by atoms with Crippen LogP contribution in [0.15, 0.2) is 59.5 Å². The summed E-state index contributed by atoms with van der Waals surface area (Å²) in [6, 6.07) is 10.5. The van der Waals surface area contributed by atoms with Crippen LogP contribution in [-0.2, 0) is 0 Å². The van der Waals surface area contributed by atoms with E-state index in [9.17, 15) is 4.79 Å². The molecule has 2 N–H and O–H groups in total. The van der Waals surface area contributed by atoms with E-state index in [4.69, 9.17) is 25.5 Å². The number of hydrogen-bond donors (Lipinski definition) is 2. The molecule has 1 aliphatic carbocycles. The molecule has 2 aromatic heterocycles. The van der Waals surface area contributed by atoms with E-state index in [0.717, 1.165) is 18.2 Å². The highest BCUT2D eigenvalue weighted by atomic mass is 35.5. The summed E-state index contributed by atoms with van der Waals surface area (Å²) in [5.74, 6) is 2.12. The summed E-state index contributed by atoms with van der Waals surface area (Å²) in [6.45, 7) is 0. The molecule has 4 aromatic rings. The van der Waals surface area contributed by atoms with Gasteiger partial charge in [-0.3, -0.25) is 4.98 Å². The van der Waals surface area contributed by atoms with E-state index in [-0.39, 0.29) is 12.1 Å². The molecule has 1 aliphatic rings. The van der Waals surface area contributed by atoms with Gasteiger partial charge in [0.15, 0.2) is 0 Å². The van der Waals surface area contributed by atoms with Gasteiger partial charge in [-0.1, -0.05) is 11.6 Å². The van der Waals surface area contributed by atoms with Gasteiger partial charge in [-0.05, 0) is 37.1 Å². The van der Waals surface area contributed by atoms with Gasteiger partial charge in [-0.15, -0.1) is 0 Å². The van der Waals surface area contributed by atoms with Crippen LogP contribution in [0.2, 0.25) is 5.02 Å². The van der Waals surface area contributed by atoms with Crippen LogP contribution in [0.3, 0.4) is 0 Å². The standard InChI is InChI=1S/C23H19ClN4O4/c1-30-21-12-19-15(11-16(21)22-26-8-9-31-22)20(6-7-25-19)32-14-4-5-18(17(24)10-14)28-23(29)27-13-2-3-13/h4-13H,2-3H2,1H3,(H2,27,28,29). The van der Waals surface area contributed by atoms with Gasteiger partial charge in [0.1, 0.15) is 23.5 Å². The summed E-state index contributed by atoms with van der Waals surface area (Å²) in [6.07, 6.45) is 6.75. The van der Waals surface area contributed by atoms with Crippen molar-refractivity contribution < 1.29 is 18.7 Å². The minimum absolute atomic E-state index is 0.260. The molecule has 8 nitrogen and oxygen atoms in total. The lowest BCUT2D eigenvalue weighted by atomic mass is 10.1. The summed E-state index contributed by atoms with van der Waals surface area (Å²) in [5.41, 5.74) is 1.88. The number of nitrogens with zero attached hydrogens (tertiary/aromatic N) is 2. The first-order valence-corrected chi connectivity index (χ1v) is 10.4. The number of aromatic nitrogens is 2. The molecular formula is C23H19ClN4O4. The summed E-state index contributed by atoms with van der Waals surface area (Å²) >= 11 is 6.37. The summed E-state index contributed by atoms with van der Waals surface area (Å²) in [5, 5.41) is 6.74. The lowest BCUT2D eigenvalue weighted by Gasteiger charge is -2.13. The Balaban J connectivity index is 1.44. The van der Waals surface area contributed by atoms with Crippen LogP contribution in [0.25, 0.3) is 22.4 Å². The molecular weight excluding hydrogens is 432 g/mol. The second-order valence-corrected chi connectivity index (χ2v) is 7.74. The third kappa shape index (κ3) is 4.17. The molecule has 32 heavy (non-hydrogen) atoms. The van der Waals surface area contributed by atoms with Crippen molar-refractivity contribution in [1.82, 2.24) is 15.3 Å². The number of oxazole rings is 1. The number of benzene rings is 2. The Morgan fingerprint density at radius 2 is 2.00 bits per heavy atom. The summed E-state index contributed by atoms with van der Waals surface area (Å²) < 4.78 is 17.0. The van der Waals surface area contributed by atoms with Gasteiger partial charge in [0.2, 0.25) is 5.89 Å². The molecule has 2 amide bonds. The molecule has 0 atom stereocenters. The number of anilines is 1. The predicted octanol–water partition coefficient (Wildman–Crippen LogP) is 5.63. The third-order valence-electron chi connectivity index (χ3n) is 5.01. The first-order chi connectivity index (χ1) is 15.6. The Kier molecular flexibility index (Phi) is 5.28. The van der Waals surface area contributed by atoms with E-state index in [1.807, 2.05) is 6.07 Å². The fraction of sp³-hybridized carbons (Fsp3) is 0.174. The molecule has 1 fully saturated rings. The van der Waals surface area contributed by atoms with Crippen molar-refractivity contribution in [2.75, 3.05) is 12.4 Å². The zero-order valence-corrected chi connectivity index (χ0v) is 17.8. The lowest BCUT2D eigenvalue weighted by molar-refractivity contribution is 0.251. The number of halogens is 1. The van der Waals surface area contributed by atoms with E-state index in [0.29, 0.717) is 44.9 Å². The van der Waals surface area contributed by atoms with Crippen LogP contribution in [0.4, 0.5) is 10.5 Å². The highest BCUT2D eigenvalue weighted by Crippen LogP contribution is 2.38. The molecule has 5 rings (SSSR count). The van der Waals surface area contributed by atoms with Gasteiger partial charge in [0.25, 0.3) is 0 Å². The smallest absolute Gasteiger partial charge is 0.319 e. The third-order valence-corrected chi connectivity index (χ3v) is 5.33. The molecule has 9 heteroatoms. The molecule has 0 bridgehead atoms. The first kappa shape index (κ1) is 20.1. The molecule has 2 aromatic carbocycles. The number of pyridine rings is 1. The van der Waals surface area contributed by atoms with Gasteiger partial charge in [-0.25, -0.2) is 9.78 Å². The topological polar surface area (TPSA) is 98.5 Å². The van der Waals surface area contributed by atoms with Crippen LogP contribution in [0.5, 0.6) is 17.2 Å². The van der Waals surface area contributed by atoms with Crippen LogP contribution in [-0.4, -0.2) is 29.2 Å². The maximum atomic E-state index is 12.0. The number of amides is 2. The molecule has 0 spiro atoms.